The summed E-state index contributed by atoms with van der Waals surface area (Å²) in [6, 6.07) is 8.07. The van der Waals surface area contributed by atoms with Crippen LogP contribution in [0.1, 0.15) is 17.5 Å². The average molecular weight is 194 g/mol. The first-order chi connectivity index (χ1) is 6.90. The molecule has 1 aliphatic rings. The van der Waals surface area contributed by atoms with Crippen LogP contribution in [0.5, 0.6) is 0 Å². The van der Waals surface area contributed by atoms with E-state index in [2.05, 4.69) is 0 Å². The third-order valence-electron chi connectivity index (χ3n) is 2.33. The molecule has 0 bridgehead atoms. The van der Waals surface area contributed by atoms with Crippen LogP contribution in [-0.4, -0.2) is 18.0 Å². The van der Waals surface area contributed by atoms with E-state index in [0.717, 1.165) is 0 Å². The SMILES string of the molecule is OCCC1OCc2ccccc2CO1. The zero-order valence-electron chi connectivity index (χ0n) is 7.98. The Morgan fingerprint density at radius 1 is 1.14 bits per heavy atom. The van der Waals surface area contributed by atoms with Crippen LogP contribution in [0.3, 0.4) is 0 Å². The van der Waals surface area contributed by atoms with Gasteiger partial charge in [-0.25, -0.2) is 0 Å². The number of fused-ring (bicyclic) bond motifs is 1. The van der Waals surface area contributed by atoms with Crippen LogP contribution in [0.2, 0.25) is 0 Å². The standard InChI is InChI=1S/C11H14O3/c12-6-5-11-13-7-9-3-1-2-4-10(9)8-14-11/h1-4,11-12H,5-8H2. The molecule has 0 amide bonds. The molecule has 0 spiro atoms. The fraction of sp³-hybridized carbons (Fsp3) is 0.455. The summed E-state index contributed by atoms with van der Waals surface area (Å²) in [4.78, 5) is 0. The van der Waals surface area contributed by atoms with Gasteiger partial charge in [0.2, 0.25) is 0 Å². The zero-order valence-corrected chi connectivity index (χ0v) is 7.98. The Kier molecular flexibility index (Phi) is 3.14. The first-order valence-electron chi connectivity index (χ1n) is 4.81. The van der Waals surface area contributed by atoms with E-state index >= 15 is 0 Å². The molecule has 1 N–H and O–H groups in total. The molecule has 0 aliphatic carbocycles. The maximum Gasteiger partial charge on any atom is 0.160 e. The highest BCUT2D eigenvalue weighted by molar-refractivity contribution is 5.26. The van der Waals surface area contributed by atoms with Gasteiger partial charge in [0.15, 0.2) is 6.29 Å². The van der Waals surface area contributed by atoms with E-state index in [4.69, 9.17) is 14.6 Å². The van der Waals surface area contributed by atoms with Gasteiger partial charge in [0, 0.05) is 13.0 Å². The summed E-state index contributed by atoms with van der Waals surface area (Å²) in [7, 11) is 0. The Hall–Kier alpha value is -0.900. The Balaban J connectivity index is 2.06. The molecule has 76 valence electrons. The van der Waals surface area contributed by atoms with E-state index in [1.165, 1.54) is 11.1 Å². The Morgan fingerprint density at radius 3 is 2.21 bits per heavy atom. The van der Waals surface area contributed by atoms with Crippen LogP contribution >= 0.6 is 0 Å². The molecular weight excluding hydrogens is 180 g/mol. The predicted molar refractivity (Wildman–Crippen MR) is 51.5 cm³/mol. The minimum absolute atomic E-state index is 0.0982. The molecule has 1 aromatic carbocycles. The van der Waals surface area contributed by atoms with Crippen molar-refractivity contribution in [1.82, 2.24) is 0 Å². The maximum atomic E-state index is 8.77. The number of benzene rings is 1. The minimum atomic E-state index is -0.271. The molecule has 2 rings (SSSR count). The lowest BCUT2D eigenvalue weighted by Gasteiger charge is -2.13. The normalized spacial score (nSPS) is 17.5. The number of aliphatic hydroxyl groups is 1. The lowest BCUT2D eigenvalue weighted by molar-refractivity contribution is -0.156. The van der Waals surface area contributed by atoms with Crippen molar-refractivity contribution in [2.24, 2.45) is 0 Å². The smallest absolute Gasteiger partial charge is 0.160 e. The van der Waals surface area contributed by atoms with Crippen molar-refractivity contribution >= 4 is 0 Å². The number of ether oxygens (including phenoxy) is 2. The van der Waals surface area contributed by atoms with Gasteiger partial charge in [0.05, 0.1) is 13.2 Å². The highest BCUT2D eigenvalue weighted by Crippen LogP contribution is 2.18. The second-order valence-electron chi connectivity index (χ2n) is 3.33. The molecule has 1 aliphatic heterocycles. The lowest BCUT2D eigenvalue weighted by Crippen LogP contribution is -2.15. The van der Waals surface area contributed by atoms with E-state index in [1.807, 2.05) is 24.3 Å². The second kappa shape index (κ2) is 4.55. The summed E-state index contributed by atoms with van der Waals surface area (Å²) in [5.41, 5.74) is 2.35. The van der Waals surface area contributed by atoms with Crippen molar-refractivity contribution in [2.45, 2.75) is 25.9 Å². The van der Waals surface area contributed by atoms with Crippen molar-refractivity contribution in [3.63, 3.8) is 0 Å². The van der Waals surface area contributed by atoms with Gasteiger partial charge >= 0.3 is 0 Å². The number of rotatable bonds is 2. The molecule has 0 aromatic heterocycles. The van der Waals surface area contributed by atoms with Gasteiger partial charge in [-0.1, -0.05) is 24.3 Å². The van der Waals surface area contributed by atoms with Crippen molar-refractivity contribution in [3.05, 3.63) is 35.4 Å². The molecule has 0 fully saturated rings. The summed E-state index contributed by atoms with van der Waals surface area (Å²) in [6.07, 6.45) is 0.265. The van der Waals surface area contributed by atoms with Crippen LogP contribution < -0.4 is 0 Å². The maximum absolute atomic E-state index is 8.77. The van der Waals surface area contributed by atoms with Crippen LogP contribution in [0.15, 0.2) is 24.3 Å². The van der Waals surface area contributed by atoms with Gasteiger partial charge in [-0.3, -0.25) is 0 Å². The van der Waals surface area contributed by atoms with E-state index in [1.54, 1.807) is 0 Å². The van der Waals surface area contributed by atoms with Gasteiger partial charge in [-0.05, 0) is 11.1 Å². The number of aliphatic hydroxyl groups excluding tert-OH is 1. The van der Waals surface area contributed by atoms with Crippen molar-refractivity contribution in [1.29, 1.82) is 0 Å². The van der Waals surface area contributed by atoms with Gasteiger partial charge in [-0.2, -0.15) is 0 Å². The lowest BCUT2D eigenvalue weighted by atomic mass is 10.1. The third kappa shape index (κ3) is 2.12. The molecule has 3 nitrogen and oxygen atoms in total. The molecule has 3 heteroatoms. The third-order valence-corrected chi connectivity index (χ3v) is 2.33. The highest BCUT2D eigenvalue weighted by Gasteiger charge is 2.15. The monoisotopic (exact) mass is 194 g/mol. The topological polar surface area (TPSA) is 38.7 Å². The van der Waals surface area contributed by atoms with Crippen LogP contribution in [0.25, 0.3) is 0 Å². The summed E-state index contributed by atoms with van der Waals surface area (Å²) >= 11 is 0. The predicted octanol–water partition coefficient (Wildman–Crippen LogP) is 1.44. The first-order valence-corrected chi connectivity index (χ1v) is 4.81. The van der Waals surface area contributed by atoms with Gasteiger partial charge < -0.3 is 14.6 Å². The van der Waals surface area contributed by atoms with E-state index in [-0.39, 0.29) is 12.9 Å². The Bertz CT molecular complexity index is 271. The Labute approximate surface area is 83.3 Å². The molecule has 0 unspecified atom stereocenters. The van der Waals surface area contributed by atoms with Crippen molar-refractivity contribution in [2.75, 3.05) is 6.61 Å². The number of hydrogen-bond acceptors (Lipinski definition) is 3. The van der Waals surface area contributed by atoms with Crippen LogP contribution in [0.4, 0.5) is 0 Å². The second-order valence-corrected chi connectivity index (χ2v) is 3.33. The largest absolute Gasteiger partial charge is 0.396 e. The molecule has 1 heterocycles. The van der Waals surface area contributed by atoms with Crippen molar-refractivity contribution in [3.8, 4) is 0 Å². The van der Waals surface area contributed by atoms with Crippen molar-refractivity contribution < 1.29 is 14.6 Å². The summed E-state index contributed by atoms with van der Waals surface area (Å²) in [5, 5.41) is 8.77. The fourth-order valence-corrected chi connectivity index (χ4v) is 1.52. The van der Waals surface area contributed by atoms with E-state index in [0.29, 0.717) is 19.6 Å². The quantitative estimate of drug-likeness (QED) is 0.774. The first kappa shape index (κ1) is 9.65. The molecule has 14 heavy (non-hydrogen) atoms. The van der Waals surface area contributed by atoms with Gasteiger partial charge in [0.25, 0.3) is 0 Å². The minimum Gasteiger partial charge on any atom is -0.396 e. The molecule has 0 saturated carbocycles. The van der Waals surface area contributed by atoms with Crippen LogP contribution in [-0.2, 0) is 22.7 Å². The fourth-order valence-electron chi connectivity index (χ4n) is 1.52. The summed E-state index contributed by atoms with van der Waals surface area (Å²) in [6.45, 7) is 1.24. The van der Waals surface area contributed by atoms with E-state index < -0.39 is 0 Å². The Morgan fingerprint density at radius 2 is 1.71 bits per heavy atom. The molecular formula is C11H14O3. The molecule has 0 radical (unpaired) electrons. The van der Waals surface area contributed by atoms with Gasteiger partial charge in [0.1, 0.15) is 0 Å². The average Bonchev–Trinajstić information content (AvgIpc) is 2.42. The molecule has 0 atom stereocenters. The number of hydrogen-bond donors (Lipinski definition) is 1. The molecule has 0 saturated heterocycles. The zero-order chi connectivity index (χ0) is 9.80. The molecule has 1 aromatic rings. The van der Waals surface area contributed by atoms with Crippen LogP contribution in [0, 0.1) is 0 Å². The van der Waals surface area contributed by atoms with Gasteiger partial charge in [-0.15, -0.1) is 0 Å². The van der Waals surface area contributed by atoms with E-state index in [9.17, 15) is 0 Å². The highest BCUT2D eigenvalue weighted by atomic mass is 16.7. The summed E-state index contributed by atoms with van der Waals surface area (Å²) < 4.78 is 11.0. The summed E-state index contributed by atoms with van der Waals surface area (Å²) in [5.74, 6) is 0.